The Bertz CT molecular complexity index is 1470. The molecular formula is C24H14BrNO. The highest BCUT2D eigenvalue weighted by Crippen LogP contribution is 2.40. The fourth-order valence-corrected chi connectivity index (χ4v) is 4.45. The van der Waals surface area contributed by atoms with E-state index in [1.54, 1.807) is 0 Å². The van der Waals surface area contributed by atoms with E-state index in [-0.39, 0.29) is 0 Å². The van der Waals surface area contributed by atoms with Gasteiger partial charge >= 0.3 is 0 Å². The molecule has 0 atom stereocenters. The van der Waals surface area contributed by atoms with Crippen LogP contribution in [0.25, 0.3) is 49.4 Å². The molecule has 0 N–H and O–H groups in total. The second-order valence-electron chi connectivity index (χ2n) is 6.77. The molecule has 0 unspecified atom stereocenters. The molecule has 0 aliphatic carbocycles. The lowest BCUT2D eigenvalue weighted by molar-refractivity contribution is 0.671. The highest BCUT2D eigenvalue weighted by molar-refractivity contribution is 9.10. The van der Waals surface area contributed by atoms with Crippen molar-refractivity contribution in [1.82, 2.24) is 4.57 Å². The minimum atomic E-state index is 0.922. The van der Waals surface area contributed by atoms with Crippen molar-refractivity contribution in [1.29, 1.82) is 0 Å². The first-order valence-electron chi connectivity index (χ1n) is 8.90. The van der Waals surface area contributed by atoms with Crippen LogP contribution < -0.4 is 0 Å². The van der Waals surface area contributed by atoms with Crippen LogP contribution >= 0.6 is 15.9 Å². The fraction of sp³-hybridized carbons (Fsp3) is 0. The van der Waals surface area contributed by atoms with Crippen LogP contribution in [-0.4, -0.2) is 4.57 Å². The normalized spacial score (nSPS) is 11.9. The van der Waals surface area contributed by atoms with Gasteiger partial charge in [-0.15, -0.1) is 0 Å². The Morgan fingerprint density at radius 1 is 0.667 bits per heavy atom. The van der Waals surface area contributed by atoms with Gasteiger partial charge in [0.05, 0.1) is 11.0 Å². The molecule has 2 nitrogen and oxygen atoms in total. The van der Waals surface area contributed by atoms with Gasteiger partial charge in [0, 0.05) is 31.7 Å². The van der Waals surface area contributed by atoms with Crippen molar-refractivity contribution in [3.8, 4) is 5.69 Å². The summed E-state index contributed by atoms with van der Waals surface area (Å²) in [5, 5.41) is 4.73. The Labute approximate surface area is 163 Å². The van der Waals surface area contributed by atoms with Gasteiger partial charge in [-0.1, -0.05) is 64.5 Å². The molecule has 6 rings (SSSR count). The monoisotopic (exact) mass is 411 g/mol. The van der Waals surface area contributed by atoms with Gasteiger partial charge in [0.25, 0.3) is 0 Å². The molecule has 0 aliphatic rings. The number of hydrogen-bond donors (Lipinski definition) is 0. The molecule has 2 aromatic heterocycles. The predicted octanol–water partition coefficient (Wildman–Crippen LogP) is 7.45. The van der Waals surface area contributed by atoms with Crippen LogP contribution in [0.15, 0.2) is 93.8 Å². The molecule has 128 valence electrons. The van der Waals surface area contributed by atoms with Gasteiger partial charge in [0.1, 0.15) is 5.58 Å². The highest BCUT2D eigenvalue weighted by atomic mass is 79.9. The molecule has 2 heterocycles. The van der Waals surface area contributed by atoms with Gasteiger partial charge in [0.2, 0.25) is 0 Å². The topological polar surface area (TPSA) is 18.1 Å². The number of halogens is 1. The number of aromatic nitrogens is 1. The standard InChI is InChI=1S/C24H14BrNO/c25-15-10-11-17-19-12-13-20-18-8-4-5-9-22(18)27-24(20)23(19)26(21(17)14-15)16-6-2-1-3-7-16/h1-14H. The second kappa shape index (κ2) is 5.48. The number of benzene rings is 4. The van der Waals surface area contributed by atoms with E-state index in [4.69, 9.17) is 4.42 Å². The smallest absolute Gasteiger partial charge is 0.160 e. The summed E-state index contributed by atoms with van der Waals surface area (Å²) in [6.07, 6.45) is 0. The molecule has 0 amide bonds. The van der Waals surface area contributed by atoms with Crippen molar-refractivity contribution in [3.63, 3.8) is 0 Å². The third kappa shape index (κ3) is 2.06. The molecule has 0 saturated heterocycles. The van der Waals surface area contributed by atoms with Crippen LogP contribution in [0.5, 0.6) is 0 Å². The van der Waals surface area contributed by atoms with Gasteiger partial charge < -0.3 is 8.98 Å². The number of furan rings is 1. The molecule has 0 aliphatic heterocycles. The van der Waals surface area contributed by atoms with Crippen LogP contribution in [0.1, 0.15) is 0 Å². The average Bonchev–Trinajstić information content (AvgIpc) is 3.23. The van der Waals surface area contributed by atoms with Crippen molar-refractivity contribution in [2.24, 2.45) is 0 Å². The maximum absolute atomic E-state index is 6.36. The molecule has 0 bridgehead atoms. The van der Waals surface area contributed by atoms with Crippen LogP contribution in [-0.2, 0) is 0 Å². The molecule has 3 heteroatoms. The Morgan fingerprint density at radius 3 is 2.30 bits per heavy atom. The molecule has 0 saturated carbocycles. The van der Waals surface area contributed by atoms with E-state index in [9.17, 15) is 0 Å². The zero-order valence-corrected chi connectivity index (χ0v) is 15.9. The van der Waals surface area contributed by atoms with Crippen LogP contribution in [0, 0.1) is 0 Å². The average molecular weight is 412 g/mol. The SMILES string of the molecule is Brc1ccc2c3ccc4c5ccccc5oc4c3n(-c3ccccc3)c2c1. The van der Waals surface area contributed by atoms with E-state index >= 15 is 0 Å². The van der Waals surface area contributed by atoms with Crippen LogP contribution in [0.4, 0.5) is 0 Å². The van der Waals surface area contributed by atoms with E-state index in [0.29, 0.717) is 0 Å². The predicted molar refractivity (Wildman–Crippen MR) is 116 cm³/mol. The third-order valence-electron chi connectivity index (χ3n) is 5.25. The largest absolute Gasteiger partial charge is 0.454 e. The van der Waals surface area contributed by atoms with E-state index in [1.165, 1.54) is 16.3 Å². The maximum atomic E-state index is 6.36. The zero-order valence-electron chi connectivity index (χ0n) is 14.3. The zero-order chi connectivity index (χ0) is 18.0. The van der Waals surface area contributed by atoms with E-state index < -0.39 is 0 Å². The van der Waals surface area contributed by atoms with Crippen LogP contribution in [0.3, 0.4) is 0 Å². The Morgan fingerprint density at radius 2 is 1.41 bits per heavy atom. The van der Waals surface area contributed by atoms with Crippen molar-refractivity contribution in [3.05, 3.63) is 89.4 Å². The van der Waals surface area contributed by atoms with E-state index in [1.807, 2.05) is 18.2 Å². The van der Waals surface area contributed by atoms with Crippen molar-refractivity contribution in [2.45, 2.75) is 0 Å². The lowest BCUT2D eigenvalue weighted by atomic mass is 10.1. The summed E-state index contributed by atoms with van der Waals surface area (Å²) in [7, 11) is 0. The van der Waals surface area contributed by atoms with E-state index in [2.05, 4.69) is 87.2 Å². The first-order chi connectivity index (χ1) is 13.3. The minimum absolute atomic E-state index is 0.922. The third-order valence-corrected chi connectivity index (χ3v) is 5.74. The lowest BCUT2D eigenvalue weighted by Gasteiger charge is -2.07. The van der Waals surface area contributed by atoms with Gasteiger partial charge in [-0.2, -0.15) is 0 Å². The summed E-state index contributed by atoms with van der Waals surface area (Å²) in [5.41, 5.74) is 5.26. The highest BCUT2D eigenvalue weighted by Gasteiger charge is 2.18. The van der Waals surface area contributed by atoms with Gasteiger partial charge in [-0.25, -0.2) is 0 Å². The summed E-state index contributed by atoms with van der Waals surface area (Å²) in [6.45, 7) is 0. The van der Waals surface area contributed by atoms with Crippen LogP contribution in [0.2, 0.25) is 0 Å². The Hall–Kier alpha value is -3.04. The molecule has 6 aromatic rings. The number of rotatable bonds is 1. The Balaban J connectivity index is 1.92. The fourth-order valence-electron chi connectivity index (χ4n) is 4.10. The number of nitrogens with zero attached hydrogens (tertiary/aromatic N) is 1. The number of hydrogen-bond acceptors (Lipinski definition) is 1. The molecular weight excluding hydrogens is 398 g/mol. The van der Waals surface area contributed by atoms with Crippen molar-refractivity contribution in [2.75, 3.05) is 0 Å². The summed E-state index contributed by atoms with van der Waals surface area (Å²) >= 11 is 3.64. The van der Waals surface area contributed by atoms with Crippen molar-refractivity contribution >= 4 is 59.7 Å². The first kappa shape index (κ1) is 15.1. The maximum Gasteiger partial charge on any atom is 0.160 e. The Kier molecular flexibility index (Phi) is 3.06. The quantitative estimate of drug-likeness (QED) is 0.274. The second-order valence-corrected chi connectivity index (χ2v) is 7.68. The molecule has 0 spiro atoms. The lowest BCUT2D eigenvalue weighted by Crippen LogP contribution is -1.93. The number of para-hydroxylation sites is 2. The van der Waals surface area contributed by atoms with Crippen molar-refractivity contribution < 1.29 is 4.42 Å². The first-order valence-corrected chi connectivity index (χ1v) is 9.70. The molecule has 4 aromatic carbocycles. The molecule has 0 fully saturated rings. The van der Waals surface area contributed by atoms with Gasteiger partial charge in [-0.3, -0.25) is 0 Å². The summed E-state index contributed by atoms with van der Waals surface area (Å²) in [6, 6.07) is 29.6. The molecule has 27 heavy (non-hydrogen) atoms. The summed E-state index contributed by atoms with van der Waals surface area (Å²) < 4.78 is 9.73. The number of fused-ring (bicyclic) bond motifs is 7. The van der Waals surface area contributed by atoms with E-state index in [0.717, 1.165) is 37.6 Å². The molecule has 0 radical (unpaired) electrons. The van der Waals surface area contributed by atoms with Gasteiger partial charge in [0.15, 0.2) is 5.58 Å². The van der Waals surface area contributed by atoms with Gasteiger partial charge in [-0.05, 0) is 36.4 Å². The minimum Gasteiger partial charge on any atom is -0.454 e. The summed E-state index contributed by atoms with van der Waals surface area (Å²) in [5.74, 6) is 0. The summed E-state index contributed by atoms with van der Waals surface area (Å²) in [4.78, 5) is 0.